The van der Waals surface area contributed by atoms with Gasteiger partial charge in [0.2, 0.25) is 0 Å². The summed E-state index contributed by atoms with van der Waals surface area (Å²) in [5.74, 6) is 0. The molecule has 7 heteroatoms. The largest absolute Gasteiger partial charge is 0.310 e. The Morgan fingerprint density at radius 2 is 2.19 bits per heavy atom. The Kier molecular flexibility index (Phi) is 3.69. The van der Waals surface area contributed by atoms with E-state index in [9.17, 15) is 8.42 Å². The number of rotatable bonds is 6. The van der Waals surface area contributed by atoms with E-state index in [4.69, 9.17) is 0 Å². The van der Waals surface area contributed by atoms with Gasteiger partial charge in [-0.15, -0.1) is 0 Å². The lowest BCUT2D eigenvalue weighted by atomic mass is 10.2. The van der Waals surface area contributed by atoms with Crippen molar-refractivity contribution < 1.29 is 8.42 Å². The molecule has 0 spiro atoms. The van der Waals surface area contributed by atoms with E-state index in [1.54, 1.807) is 13.1 Å². The number of anilines is 1. The maximum Gasteiger partial charge on any atom is 0.265 e. The molecule has 3 rings (SSSR count). The summed E-state index contributed by atoms with van der Waals surface area (Å²) >= 11 is 0. The molecule has 1 aromatic carbocycles. The Balaban J connectivity index is 1.72. The lowest BCUT2D eigenvalue weighted by molar-refractivity contribution is 0.601. The van der Waals surface area contributed by atoms with Crippen LogP contribution in [-0.4, -0.2) is 24.2 Å². The second kappa shape index (κ2) is 5.50. The molecule has 0 saturated heterocycles. The maximum absolute atomic E-state index is 12.2. The molecule has 2 aromatic rings. The highest BCUT2D eigenvalue weighted by molar-refractivity contribution is 7.92. The van der Waals surface area contributed by atoms with Gasteiger partial charge in [0.15, 0.2) is 0 Å². The quantitative estimate of drug-likeness (QED) is 0.847. The highest BCUT2D eigenvalue weighted by Crippen LogP contribution is 2.20. The van der Waals surface area contributed by atoms with Gasteiger partial charge in [0.25, 0.3) is 10.0 Å². The zero-order chi connectivity index (χ0) is 14.9. The zero-order valence-electron chi connectivity index (χ0n) is 11.8. The molecule has 1 aliphatic carbocycles. The fraction of sp³-hybridized carbons (Fsp3) is 0.357. The molecule has 0 aliphatic heterocycles. The van der Waals surface area contributed by atoms with Crippen molar-refractivity contribution in [1.82, 2.24) is 15.1 Å². The molecule has 0 amide bonds. The summed E-state index contributed by atoms with van der Waals surface area (Å²) in [6.07, 6.45) is 5.27. The van der Waals surface area contributed by atoms with Crippen LogP contribution < -0.4 is 10.0 Å². The molecule has 2 N–H and O–H groups in total. The third-order valence-electron chi connectivity index (χ3n) is 3.34. The Hall–Kier alpha value is -1.86. The summed E-state index contributed by atoms with van der Waals surface area (Å²) in [4.78, 5) is 0.159. The second-order valence-electron chi connectivity index (χ2n) is 5.31. The maximum atomic E-state index is 12.2. The van der Waals surface area contributed by atoms with Gasteiger partial charge in [-0.25, -0.2) is 8.42 Å². The minimum absolute atomic E-state index is 0.159. The van der Waals surface area contributed by atoms with Gasteiger partial charge in [-0.05, 0) is 30.5 Å². The fourth-order valence-electron chi connectivity index (χ4n) is 2.05. The van der Waals surface area contributed by atoms with Gasteiger partial charge >= 0.3 is 0 Å². The first-order valence-corrected chi connectivity index (χ1v) is 8.35. The van der Waals surface area contributed by atoms with E-state index in [2.05, 4.69) is 15.1 Å². The molecular weight excluding hydrogens is 288 g/mol. The number of aryl methyl sites for hydroxylation is 1. The average Bonchev–Trinajstić information content (AvgIpc) is 3.16. The Labute approximate surface area is 124 Å². The van der Waals surface area contributed by atoms with E-state index in [0.717, 1.165) is 12.1 Å². The summed E-state index contributed by atoms with van der Waals surface area (Å²) in [6.45, 7) is 0.757. The SMILES string of the molecule is Cn1cc(S(=O)(=O)Nc2cccc(CNC3CC3)c2)cn1. The standard InChI is InChI=1S/C14H18N4O2S/c1-18-10-14(9-16-18)21(19,20)17-13-4-2-3-11(7-13)8-15-12-5-6-12/h2-4,7,9-10,12,15,17H,5-6,8H2,1H3. The number of aromatic nitrogens is 2. The van der Waals surface area contributed by atoms with Crippen LogP contribution >= 0.6 is 0 Å². The van der Waals surface area contributed by atoms with Crippen LogP contribution in [0, 0.1) is 0 Å². The van der Waals surface area contributed by atoms with E-state index in [1.807, 2.05) is 18.2 Å². The Morgan fingerprint density at radius 1 is 1.38 bits per heavy atom. The number of benzene rings is 1. The molecule has 6 nitrogen and oxygen atoms in total. The van der Waals surface area contributed by atoms with E-state index >= 15 is 0 Å². The predicted molar refractivity (Wildman–Crippen MR) is 80.3 cm³/mol. The summed E-state index contributed by atoms with van der Waals surface area (Å²) in [7, 11) is -1.90. The molecule has 0 unspecified atom stereocenters. The molecule has 0 bridgehead atoms. The van der Waals surface area contributed by atoms with Crippen LogP contribution in [0.15, 0.2) is 41.6 Å². The summed E-state index contributed by atoms with van der Waals surface area (Å²) in [5.41, 5.74) is 1.63. The third-order valence-corrected chi connectivity index (χ3v) is 4.68. The molecule has 1 aromatic heterocycles. The highest BCUT2D eigenvalue weighted by atomic mass is 32.2. The third kappa shape index (κ3) is 3.62. The first kappa shape index (κ1) is 14.1. The molecule has 1 saturated carbocycles. The van der Waals surface area contributed by atoms with Crippen molar-refractivity contribution in [3.05, 3.63) is 42.2 Å². The number of nitrogens with one attached hydrogen (secondary N) is 2. The monoisotopic (exact) mass is 306 g/mol. The zero-order valence-corrected chi connectivity index (χ0v) is 12.6. The first-order chi connectivity index (χ1) is 10.0. The van der Waals surface area contributed by atoms with Crippen molar-refractivity contribution in [3.8, 4) is 0 Å². The molecule has 0 atom stereocenters. The van der Waals surface area contributed by atoms with Gasteiger partial charge in [0, 0.05) is 31.5 Å². The summed E-state index contributed by atoms with van der Waals surface area (Å²) in [5, 5.41) is 7.29. The van der Waals surface area contributed by atoms with Crippen LogP contribution in [0.4, 0.5) is 5.69 Å². The molecule has 1 fully saturated rings. The highest BCUT2D eigenvalue weighted by Gasteiger charge is 2.20. The lowest BCUT2D eigenvalue weighted by Gasteiger charge is -2.08. The van der Waals surface area contributed by atoms with Gasteiger partial charge in [0.05, 0.1) is 6.20 Å². The Bertz CT molecular complexity index is 735. The van der Waals surface area contributed by atoms with Gasteiger partial charge in [-0.1, -0.05) is 12.1 Å². The van der Waals surface area contributed by atoms with Crippen LogP contribution in [0.25, 0.3) is 0 Å². The van der Waals surface area contributed by atoms with Crippen LogP contribution in [0.1, 0.15) is 18.4 Å². The van der Waals surface area contributed by atoms with E-state index < -0.39 is 10.0 Å². The van der Waals surface area contributed by atoms with E-state index in [0.29, 0.717) is 11.7 Å². The van der Waals surface area contributed by atoms with Crippen LogP contribution in [0.3, 0.4) is 0 Å². The van der Waals surface area contributed by atoms with Gasteiger partial charge in [-0.2, -0.15) is 5.10 Å². The summed E-state index contributed by atoms with van der Waals surface area (Å²) in [6, 6.07) is 8.06. The van der Waals surface area contributed by atoms with Crippen LogP contribution in [0.5, 0.6) is 0 Å². The van der Waals surface area contributed by atoms with Crippen molar-refractivity contribution in [2.75, 3.05) is 4.72 Å². The molecule has 0 radical (unpaired) electrons. The van der Waals surface area contributed by atoms with Crippen LogP contribution in [0.2, 0.25) is 0 Å². The molecule has 1 aliphatic rings. The smallest absolute Gasteiger partial charge is 0.265 e. The lowest BCUT2D eigenvalue weighted by Crippen LogP contribution is -2.16. The number of nitrogens with zero attached hydrogens (tertiary/aromatic N) is 2. The number of hydrogen-bond donors (Lipinski definition) is 2. The second-order valence-corrected chi connectivity index (χ2v) is 6.99. The average molecular weight is 306 g/mol. The Morgan fingerprint density at radius 3 is 2.86 bits per heavy atom. The topological polar surface area (TPSA) is 76.0 Å². The first-order valence-electron chi connectivity index (χ1n) is 6.87. The van der Waals surface area contributed by atoms with Gasteiger partial charge < -0.3 is 5.32 Å². The van der Waals surface area contributed by atoms with Crippen LogP contribution in [-0.2, 0) is 23.6 Å². The normalized spacial score (nSPS) is 15.1. The predicted octanol–water partition coefficient (Wildman–Crippen LogP) is 1.47. The van der Waals surface area contributed by atoms with Crippen molar-refractivity contribution in [3.63, 3.8) is 0 Å². The minimum Gasteiger partial charge on any atom is -0.310 e. The van der Waals surface area contributed by atoms with Gasteiger partial charge in [0.1, 0.15) is 4.90 Å². The molecule has 21 heavy (non-hydrogen) atoms. The van der Waals surface area contributed by atoms with Crippen molar-refractivity contribution in [1.29, 1.82) is 0 Å². The summed E-state index contributed by atoms with van der Waals surface area (Å²) < 4.78 is 28.5. The van der Waals surface area contributed by atoms with Crippen molar-refractivity contribution in [2.24, 2.45) is 7.05 Å². The van der Waals surface area contributed by atoms with Crippen molar-refractivity contribution in [2.45, 2.75) is 30.3 Å². The number of sulfonamides is 1. The van der Waals surface area contributed by atoms with E-state index in [-0.39, 0.29) is 4.90 Å². The molecular formula is C14H18N4O2S. The minimum atomic E-state index is -3.58. The van der Waals surface area contributed by atoms with E-state index in [1.165, 1.54) is 29.9 Å². The fourth-order valence-corrected chi connectivity index (χ4v) is 3.08. The van der Waals surface area contributed by atoms with Gasteiger partial charge in [-0.3, -0.25) is 9.40 Å². The number of hydrogen-bond acceptors (Lipinski definition) is 4. The van der Waals surface area contributed by atoms with Crippen molar-refractivity contribution >= 4 is 15.7 Å². The molecule has 112 valence electrons. The molecule has 1 heterocycles.